The smallest absolute Gasteiger partial charge is 0.313 e. The standard InChI is InChI=1S/C8H3F5N2O/c9-7(10)6-3(8(11,12)13)1-5(16)15-4(6)2-14/h1,7H,(H,15,16). The number of aromatic nitrogens is 1. The topological polar surface area (TPSA) is 56.6 Å². The van der Waals surface area contributed by atoms with E-state index in [9.17, 15) is 26.7 Å². The Morgan fingerprint density at radius 2 is 1.94 bits per heavy atom. The molecule has 0 aliphatic rings. The van der Waals surface area contributed by atoms with Crippen LogP contribution >= 0.6 is 0 Å². The number of alkyl halides is 5. The van der Waals surface area contributed by atoms with E-state index in [0.29, 0.717) is 0 Å². The summed E-state index contributed by atoms with van der Waals surface area (Å²) in [5.41, 5.74) is -5.62. The van der Waals surface area contributed by atoms with Crippen molar-refractivity contribution in [3.63, 3.8) is 0 Å². The van der Waals surface area contributed by atoms with Crippen molar-refractivity contribution in [2.45, 2.75) is 12.6 Å². The van der Waals surface area contributed by atoms with Gasteiger partial charge in [0, 0.05) is 6.07 Å². The minimum absolute atomic E-state index is 0.00231. The minimum atomic E-state index is -5.11. The predicted molar refractivity (Wildman–Crippen MR) is 41.7 cm³/mol. The molecule has 0 saturated heterocycles. The Balaban J connectivity index is 3.66. The van der Waals surface area contributed by atoms with Gasteiger partial charge in [0.05, 0.1) is 11.1 Å². The number of nitriles is 1. The Morgan fingerprint density at radius 3 is 2.31 bits per heavy atom. The maximum Gasteiger partial charge on any atom is 0.417 e. The molecule has 0 aliphatic heterocycles. The van der Waals surface area contributed by atoms with Gasteiger partial charge in [-0.3, -0.25) is 4.79 Å². The summed E-state index contributed by atoms with van der Waals surface area (Å²) in [6, 6.07) is 1.10. The number of pyridine rings is 1. The van der Waals surface area contributed by atoms with Gasteiger partial charge in [-0.1, -0.05) is 0 Å². The van der Waals surface area contributed by atoms with Gasteiger partial charge in [0.25, 0.3) is 6.43 Å². The molecule has 1 rings (SSSR count). The lowest BCUT2D eigenvalue weighted by Gasteiger charge is -2.12. The van der Waals surface area contributed by atoms with Crippen molar-refractivity contribution < 1.29 is 22.0 Å². The fraction of sp³-hybridized carbons (Fsp3) is 0.250. The highest BCUT2D eigenvalue weighted by molar-refractivity contribution is 5.39. The van der Waals surface area contributed by atoms with E-state index in [2.05, 4.69) is 0 Å². The molecular weight excluding hydrogens is 235 g/mol. The molecular formula is C8H3F5N2O. The van der Waals surface area contributed by atoms with Crippen molar-refractivity contribution in [3.8, 4) is 6.07 Å². The number of nitrogens with zero attached hydrogens (tertiary/aromatic N) is 1. The highest BCUT2D eigenvalue weighted by Crippen LogP contribution is 2.36. The average Bonchev–Trinajstić information content (AvgIpc) is 2.14. The second kappa shape index (κ2) is 3.92. The lowest BCUT2D eigenvalue weighted by molar-refractivity contribution is -0.139. The van der Waals surface area contributed by atoms with Crippen molar-refractivity contribution in [1.82, 2.24) is 4.98 Å². The average molecular weight is 238 g/mol. The van der Waals surface area contributed by atoms with Crippen LogP contribution in [0.15, 0.2) is 10.9 Å². The van der Waals surface area contributed by atoms with E-state index in [-0.39, 0.29) is 6.07 Å². The van der Waals surface area contributed by atoms with Crippen LogP contribution in [-0.4, -0.2) is 4.98 Å². The summed E-state index contributed by atoms with van der Waals surface area (Å²) in [6.45, 7) is 0. The number of H-pyrrole nitrogens is 1. The molecule has 1 aromatic heterocycles. The summed E-state index contributed by atoms with van der Waals surface area (Å²) in [5, 5.41) is 8.36. The van der Waals surface area contributed by atoms with Gasteiger partial charge in [0.2, 0.25) is 5.56 Å². The summed E-state index contributed by atoms with van der Waals surface area (Å²) in [4.78, 5) is 12.4. The second-order valence-corrected chi connectivity index (χ2v) is 2.75. The zero-order valence-electron chi connectivity index (χ0n) is 7.40. The van der Waals surface area contributed by atoms with E-state index in [4.69, 9.17) is 5.26 Å². The van der Waals surface area contributed by atoms with Crippen molar-refractivity contribution in [1.29, 1.82) is 5.26 Å². The molecule has 0 fully saturated rings. The third-order valence-corrected chi connectivity index (χ3v) is 1.72. The molecule has 0 aliphatic carbocycles. The minimum Gasteiger partial charge on any atom is -0.313 e. The maximum atomic E-state index is 12.4. The first-order valence-corrected chi connectivity index (χ1v) is 3.80. The van der Waals surface area contributed by atoms with Gasteiger partial charge >= 0.3 is 6.18 Å². The zero-order chi connectivity index (χ0) is 12.5. The Morgan fingerprint density at radius 1 is 1.38 bits per heavy atom. The molecule has 1 N–H and O–H groups in total. The number of nitrogens with one attached hydrogen (secondary N) is 1. The number of halogens is 5. The van der Waals surface area contributed by atoms with Crippen molar-refractivity contribution in [2.24, 2.45) is 0 Å². The van der Waals surface area contributed by atoms with Crippen LogP contribution in [0.25, 0.3) is 0 Å². The van der Waals surface area contributed by atoms with Crippen LogP contribution in [0.5, 0.6) is 0 Å². The van der Waals surface area contributed by atoms with E-state index >= 15 is 0 Å². The summed E-state index contributed by atoms with van der Waals surface area (Å²) in [5.74, 6) is 0. The molecule has 1 heterocycles. The maximum absolute atomic E-state index is 12.4. The molecule has 0 amide bonds. The van der Waals surface area contributed by atoms with Crippen molar-refractivity contribution in [3.05, 3.63) is 33.2 Å². The van der Waals surface area contributed by atoms with E-state index in [1.165, 1.54) is 0 Å². The number of hydrogen-bond donors (Lipinski definition) is 1. The highest BCUT2D eigenvalue weighted by Gasteiger charge is 2.38. The first-order chi connectivity index (χ1) is 7.27. The zero-order valence-corrected chi connectivity index (χ0v) is 7.40. The molecule has 86 valence electrons. The SMILES string of the molecule is N#Cc1[nH]c(=O)cc(C(F)(F)F)c1C(F)F. The van der Waals surface area contributed by atoms with Gasteiger partial charge in [0.15, 0.2) is 0 Å². The summed E-state index contributed by atoms with van der Waals surface area (Å²) < 4.78 is 61.7. The van der Waals surface area contributed by atoms with Crippen LogP contribution in [0.3, 0.4) is 0 Å². The van der Waals surface area contributed by atoms with E-state index in [1.807, 2.05) is 0 Å². The quantitative estimate of drug-likeness (QED) is 0.762. The molecule has 0 radical (unpaired) electrons. The lowest BCUT2D eigenvalue weighted by atomic mass is 10.1. The normalized spacial score (nSPS) is 11.6. The van der Waals surface area contributed by atoms with Crippen LogP contribution < -0.4 is 5.56 Å². The van der Waals surface area contributed by atoms with Crippen LogP contribution in [0.1, 0.15) is 23.2 Å². The third-order valence-electron chi connectivity index (χ3n) is 1.72. The predicted octanol–water partition coefficient (Wildman–Crippen LogP) is 2.20. The molecule has 0 bridgehead atoms. The molecule has 0 aromatic carbocycles. The van der Waals surface area contributed by atoms with Crippen LogP contribution in [0, 0.1) is 11.3 Å². The fourth-order valence-electron chi connectivity index (χ4n) is 1.12. The number of hydrogen-bond acceptors (Lipinski definition) is 2. The Labute approximate surface area is 85.1 Å². The first kappa shape index (κ1) is 12.2. The van der Waals surface area contributed by atoms with Gasteiger partial charge in [-0.15, -0.1) is 0 Å². The number of aromatic amines is 1. The van der Waals surface area contributed by atoms with Gasteiger partial charge in [-0.05, 0) is 0 Å². The number of rotatable bonds is 1. The Bertz CT molecular complexity index is 497. The monoisotopic (exact) mass is 238 g/mol. The lowest BCUT2D eigenvalue weighted by Crippen LogP contribution is -2.19. The molecule has 1 aromatic rings. The molecule has 0 unspecified atom stereocenters. The van der Waals surface area contributed by atoms with Crippen molar-refractivity contribution >= 4 is 0 Å². The van der Waals surface area contributed by atoms with Crippen LogP contribution in [0.4, 0.5) is 22.0 Å². The summed E-state index contributed by atoms with van der Waals surface area (Å²) in [6.07, 6.45) is -8.60. The third kappa shape index (κ3) is 2.18. The van der Waals surface area contributed by atoms with Gasteiger partial charge in [0.1, 0.15) is 11.8 Å². The highest BCUT2D eigenvalue weighted by atomic mass is 19.4. The van der Waals surface area contributed by atoms with Crippen LogP contribution in [-0.2, 0) is 6.18 Å². The second-order valence-electron chi connectivity index (χ2n) is 2.75. The largest absolute Gasteiger partial charge is 0.417 e. The summed E-state index contributed by atoms with van der Waals surface area (Å²) in [7, 11) is 0. The van der Waals surface area contributed by atoms with E-state index < -0.39 is 35.0 Å². The summed E-state index contributed by atoms with van der Waals surface area (Å²) >= 11 is 0. The molecule has 0 saturated carbocycles. The van der Waals surface area contributed by atoms with Gasteiger partial charge < -0.3 is 4.98 Å². The molecule has 0 spiro atoms. The molecule has 3 nitrogen and oxygen atoms in total. The molecule has 0 atom stereocenters. The Kier molecular flexibility index (Phi) is 2.98. The van der Waals surface area contributed by atoms with Crippen LogP contribution in [0.2, 0.25) is 0 Å². The van der Waals surface area contributed by atoms with E-state index in [0.717, 1.165) is 6.07 Å². The van der Waals surface area contributed by atoms with Gasteiger partial charge in [-0.25, -0.2) is 8.78 Å². The van der Waals surface area contributed by atoms with Gasteiger partial charge in [-0.2, -0.15) is 18.4 Å². The van der Waals surface area contributed by atoms with E-state index in [1.54, 1.807) is 4.98 Å². The van der Waals surface area contributed by atoms with Crippen molar-refractivity contribution in [2.75, 3.05) is 0 Å². The first-order valence-electron chi connectivity index (χ1n) is 3.80. The Hall–Kier alpha value is -1.91. The molecule has 8 heteroatoms. The molecule has 16 heavy (non-hydrogen) atoms. The fourth-order valence-corrected chi connectivity index (χ4v) is 1.12.